The van der Waals surface area contributed by atoms with Crippen molar-refractivity contribution in [3.05, 3.63) is 59.1 Å². The van der Waals surface area contributed by atoms with Crippen molar-refractivity contribution in [2.75, 3.05) is 7.05 Å². The van der Waals surface area contributed by atoms with Crippen LogP contribution < -0.4 is 0 Å². The minimum Gasteiger partial charge on any atom is -0.240 e. The Bertz CT molecular complexity index is 938. The molecule has 0 saturated heterocycles. The van der Waals surface area contributed by atoms with Crippen molar-refractivity contribution in [2.45, 2.75) is 11.4 Å². The van der Waals surface area contributed by atoms with E-state index in [1.807, 2.05) is 24.3 Å². The first-order valence-electron chi connectivity index (χ1n) is 6.64. The Kier molecular flexibility index (Phi) is 4.13. The second-order valence-electron chi connectivity index (χ2n) is 4.91. The van der Waals surface area contributed by atoms with Crippen LogP contribution in [0.2, 0.25) is 0 Å². The smallest absolute Gasteiger partial charge is 0.240 e. The Morgan fingerprint density at radius 2 is 1.91 bits per heavy atom. The second-order valence-corrected chi connectivity index (χ2v) is 8.04. The summed E-state index contributed by atoms with van der Waals surface area (Å²) in [7, 11) is -2.73. The Morgan fingerprint density at radius 3 is 2.61 bits per heavy atom. The van der Waals surface area contributed by atoms with Gasteiger partial charge in [0.1, 0.15) is 21.5 Å². The molecule has 23 heavy (non-hydrogen) atoms. The van der Waals surface area contributed by atoms with Crippen LogP contribution in [0.4, 0.5) is 8.78 Å². The molecule has 3 rings (SSSR count). The van der Waals surface area contributed by atoms with E-state index in [1.54, 1.807) is 0 Å². The number of nitrogens with zero attached hydrogens (tertiary/aromatic N) is 2. The van der Waals surface area contributed by atoms with E-state index in [-0.39, 0.29) is 6.54 Å². The van der Waals surface area contributed by atoms with Crippen molar-refractivity contribution in [3.8, 4) is 0 Å². The van der Waals surface area contributed by atoms with E-state index >= 15 is 0 Å². The van der Waals surface area contributed by atoms with E-state index in [1.165, 1.54) is 18.4 Å². The van der Waals surface area contributed by atoms with Crippen molar-refractivity contribution < 1.29 is 17.2 Å². The van der Waals surface area contributed by atoms with Crippen LogP contribution in [0, 0.1) is 11.6 Å². The zero-order chi connectivity index (χ0) is 16.6. The van der Waals surface area contributed by atoms with E-state index < -0.39 is 26.6 Å². The number of rotatable bonds is 4. The first-order chi connectivity index (χ1) is 10.9. The number of aromatic nitrogens is 1. The highest BCUT2D eigenvalue weighted by Crippen LogP contribution is 2.25. The first-order valence-corrected chi connectivity index (χ1v) is 8.89. The molecule has 0 aliphatic heterocycles. The Hall–Kier alpha value is -1.90. The maximum atomic E-state index is 13.8. The third-order valence-corrected chi connectivity index (χ3v) is 6.14. The number of fused-ring (bicyclic) bond motifs is 1. The molecule has 0 aliphatic rings. The Labute approximate surface area is 136 Å². The van der Waals surface area contributed by atoms with Gasteiger partial charge in [0.25, 0.3) is 0 Å². The number of halogens is 2. The lowest BCUT2D eigenvalue weighted by atomic mass is 10.3. The first kappa shape index (κ1) is 16.0. The van der Waals surface area contributed by atoms with Crippen molar-refractivity contribution in [1.29, 1.82) is 0 Å². The van der Waals surface area contributed by atoms with Crippen LogP contribution in [-0.2, 0) is 16.6 Å². The summed E-state index contributed by atoms with van der Waals surface area (Å²) in [5.41, 5.74) is 0.784. The minimum atomic E-state index is -4.06. The lowest BCUT2D eigenvalue weighted by Crippen LogP contribution is -2.27. The van der Waals surface area contributed by atoms with E-state index in [0.29, 0.717) is 11.1 Å². The van der Waals surface area contributed by atoms with Crippen LogP contribution in [0.3, 0.4) is 0 Å². The molecule has 2 aromatic carbocycles. The predicted octanol–water partition coefficient (Wildman–Crippen LogP) is 3.40. The molecule has 3 aromatic rings. The summed E-state index contributed by atoms with van der Waals surface area (Å²) in [5.74, 6) is -1.93. The molecule has 1 aromatic heterocycles. The van der Waals surface area contributed by atoms with E-state index in [0.717, 1.165) is 26.7 Å². The van der Waals surface area contributed by atoms with Gasteiger partial charge in [0.05, 0.1) is 16.8 Å². The molecule has 0 amide bonds. The van der Waals surface area contributed by atoms with Gasteiger partial charge >= 0.3 is 0 Å². The van der Waals surface area contributed by atoms with Gasteiger partial charge in [-0.3, -0.25) is 0 Å². The molecule has 0 saturated carbocycles. The fourth-order valence-electron chi connectivity index (χ4n) is 2.12. The van der Waals surface area contributed by atoms with Crippen LogP contribution in [0.1, 0.15) is 5.01 Å². The summed E-state index contributed by atoms with van der Waals surface area (Å²) in [5, 5.41) is 0.597. The van der Waals surface area contributed by atoms with Gasteiger partial charge in [0.2, 0.25) is 10.0 Å². The molecule has 4 nitrogen and oxygen atoms in total. The van der Waals surface area contributed by atoms with Gasteiger partial charge in [-0.25, -0.2) is 22.2 Å². The molecule has 1 heterocycles. The van der Waals surface area contributed by atoms with Gasteiger partial charge < -0.3 is 0 Å². The molecular weight excluding hydrogens is 342 g/mol. The summed E-state index contributed by atoms with van der Waals surface area (Å²) in [4.78, 5) is 3.80. The Balaban J connectivity index is 1.90. The second kappa shape index (κ2) is 5.95. The number of hydrogen-bond donors (Lipinski definition) is 0. The SMILES string of the molecule is CN(Cc1nc2ccccc2s1)S(=O)(=O)c1ccc(F)cc1F. The zero-order valence-corrected chi connectivity index (χ0v) is 13.7. The number of benzene rings is 2. The van der Waals surface area contributed by atoms with Crippen molar-refractivity contribution >= 4 is 31.6 Å². The lowest BCUT2D eigenvalue weighted by Gasteiger charge is -2.16. The van der Waals surface area contributed by atoms with Gasteiger partial charge in [-0.1, -0.05) is 12.1 Å². The number of para-hydroxylation sites is 1. The number of thiazole rings is 1. The van der Waals surface area contributed by atoms with Gasteiger partial charge in [-0.05, 0) is 24.3 Å². The highest BCUT2D eigenvalue weighted by Gasteiger charge is 2.25. The average Bonchev–Trinajstić information content (AvgIpc) is 2.88. The average molecular weight is 354 g/mol. The summed E-state index contributed by atoms with van der Waals surface area (Å²) < 4.78 is 53.5. The Morgan fingerprint density at radius 1 is 1.17 bits per heavy atom. The highest BCUT2D eigenvalue weighted by atomic mass is 32.2. The fourth-order valence-corrected chi connectivity index (χ4v) is 4.39. The summed E-state index contributed by atoms with van der Waals surface area (Å²) in [6, 6.07) is 9.85. The maximum Gasteiger partial charge on any atom is 0.246 e. The van der Waals surface area contributed by atoms with Crippen LogP contribution in [0.25, 0.3) is 10.2 Å². The molecule has 120 valence electrons. The van der Waals surface area contributed by atoms with Gasteiger partial charge in [-0.2, -0.15) is 4.31 Å². The van der Waals surface area contributed by atoms with Crippen LogP contribution in [0.5, 0.6) is 0 Å². The van der Waals surface area contributed by atoms with E-state index in [2.05, 4.69) is 4.98 Å². The molecule has 8 heteroatoms. The standard InChI is InChI=1S/C15H12F2N2O2S2/c1-19(9-15-18-12-4-2-3-5-13(12)22-15)23(20,21)14-7-6-10(16)8-11(14)17/h2-8H,9H2,1H3. The van der Waals surface area contributed by atoms with Gasteiger partial charge in [-0.15, -0.1) is 11.3 Å². The summed E-state index contributed by atoms with van der Waals surface area (Å²) >= 11 is 1.37. The zero-order valence-electron chi connectivity index (χ0n) is 12.0. The molecular formula is C15H12F2N2O2S2. The fraction of sp³-hybridized carbons (Fsp3) is 0.133. The lowest BCUT2D eigenvalue weighted by molar-refractivity contribution is 0.458. The summed E-state index contributed by atoms with van der Waals surface area (Å²) in [6.07, 6.45) is 0. The molecule has 0 spiro atoms. The van der Waals surface area contributed by atoms with E-state index in [9.17, 15) is 17.2 Å². The van der Waals surface area contributed by atoms with Crippen LogP contribution >= 0.6 is 11.3 Å². The minimum absolute atomic E-state index is 0.0124. The highest BCUT2D eigenvalue weighted by molar-refractivity contribution is 7.89. The topological polar surface area (TPSA) is 50.3 Å². The van der Waals surface area contributed by atoms with Crippen molar-refractivity contribution in [1.82, 2.24) is 9.29 Å². The number of sulfonamides is 1. The quantitative estimate of drug-likeness (QED) is 0.722. The van der Waals surface area contributed by atoms with Gasteiger partial charge in [0.15, 0.2) is 0 Å². The molecule has 0 bridgehead atoms. The molecule has 0 radical (unpaired) electrons. The monoisotopic (exact) mass is 354 g/mol. The molecule has 0 atom stereocenters. The van der Waals surface area contributed by atoms with Crippen LogP contribution in [-0.4, -0.2) is 24.8 Å². The number of hydrogen-bond acceptors (Lipinski definition) is 4. The predicted molar refractivity (Wildman–Crippen MR) is 84.6 cm³/mol. The van der Waals surface area contributed by atoms with Crippen molar-refractivity contribution in [2.24, 2.45) is 0 Å². The largest absolute Gasteiger partial charge is 0.246 e. The van der Waals surface area contributed by atoms with Gasteiger partial charge in [0, 0.05) is 13.1 Å². The normalized spacial score (nSPS) is 12.2. The van der Waals surface area contributed by atoms with Crippen LogP contribution in [0.15, 0.2) is 47.4 Å². The molecule has 0 unspecified atom stereocenters. The molecule has 0 aliphatic carbocycles. The molecule has 0 fully saturated rings. The third kappa shape index (κ3) is 3.10. The third-order valence-electron chi connectivity index (χ3n) is 3.28. The summed E-state index contributed by atoms with van der Waals surface area (Å²) in [6.45, 7) is 0.0124. The van der Waals surface area contributed by atoms with Crippen molar-refractivity contribution in [3.63, 3.8) is 0 Å². The molecule has 0 N–H and O–H groups in total. The maximum absolute atomic E-state index is 13.8. The van der Waals surface area contributed by atoms with E-state index in [4.69, 9.17) is 0 Å².